The van der Waals surface area contributed by atoms with Gasteiger partial charge in [-0.3, -0.25) is 25.2 Å². The smallest absolute Gasteiger partial charge is 0.240 e. The molecule has 0 fully saturated rings. The Morgan fingerprint density at radius 1 is 1.32 bits per heavy atom. The van der Waals surface area contributed by atoms with Gasteiger partial charge in [0, 0.05) is 18.2 Å². The number of para-hydroxylation sites is 1. The summed E-state index contributed by atoms with van der Waals surface area (Å²) < 4.78 is 0. The van der Waals surface area contributed by atoms with Gasteiger partial charge >= 0.3 is 0 Å². The Morgan fingerprint density at radius 3 is 2.79 bits per heavy atom. The van der Waals surface area contributed by atoms with Crippen molar-refractivity contribution in [3.05, 3.63) is 24.3 Å². The van der Waals surface area contributed by atoms with Crippen LogP contribution < -0.4 is 16.2 Å². The number of hydrazine groups is 1. The standard InChI is InChI=1S/C12H13N3O3S/c1-7(16)14-15-11(17)6-10-12(18)13-8-4-2-3-5-9(8)19-10/h2-5,10H,6H2,1H3,(H,13,18)(H,14,16)(H,15,17). The van der Waals surface area contributed by atoms with Crippen LogP contribution in [0.25, 0.3) is 0 Å². The van der Waals surface area contributed by atoms with Crippen LogP contribution in [0.4, 0.5) is 5.69 Å². The minimum Gasteiger partial charge on any atom is -0.324 e. The summed E-state index contributed by atoms with van der Waals surface area (Å²) in [6, 6.07) is 7.41. The number of hydrogen-bond donors (Lipinski definition) is 3. The van der Waals surface area contributed by atoms with Gasteiger partial charge in [0.2, 0.25) is 17.7 Å². The second-order valence-corrected chi connectivity index (χ2v) is 5.27. The van der Waals surface area contributed by atoms with E-state index in [1.54, 1.807) is 0 Å². The summed E-state index contributed by atoms with van der Waals surface area (Å²) in [6.45, 7) is 1.29. The van der Waals surface area contributed by atoms with Crippen molar-refractivity contribution >= 4 is 35.2 Å². The van der Waals surface area contributed by atoms with Crippen LogP contribution in [0.3, 0.4) is 0 Å². The zero-order valence-corrected chi connectivity index (χ0v) is 11.0. The van der Waals surface area contributed by atoms with Gasteiger partial charge in [0.25, 0.3) is 0 Å². The van der Waals surface area contributed by atoms with E-state index in [2.05, 4.69) is 16.2 Å². The Morgan fingerprint density at radius 2 is 2.05 bits per heavy atom. The van der Waals surface area contributed by atoms with Gasteiger partial charge in [-0.15, -0.1) is 11.8 Å². The summed E-state index contributed by atoms with van der Waals surface area (Å²) in [7, 11) is 0. The van der Waals surface area contributed by atoms with E-state index in [1.807, 2.05) is 24.3 Å². The predicted molar refractivity (Wildman–Crippen MR) is 71.3 cm³/mol. The average Bonchev–Trinajstić information content (AvgIpc) is 2.37. The molecule has 0 aromatic heterocycles. The zero-order valence-electron chi connectivity index (χ0n) is 10.2. The molecule has 0 bridgehead atoms. The first-order valence-corrected chi connectivity index (χ1v) is 6.56. The minimum atomic E-state index is -0.497. The number of carbonyl (C=O) groups is 3. The van der Waals surface area contributed by atoms with E-state index >= 15 is 0 Å². The molecule has 100 valence electrons. The third-order valence-electron chi connectivity index (χ3n) is 2.46. The van der Waals surface area contributed by atoms with Crippen molar-refractivity contribution in [1.82, 2.24) is 10.9 Å². The predicted octanol–water partition coefficient (Wildman–Crippen LogP) is 0.657. The van der Waals surface area contributed by atoms with E-state index < -0.39 is 11.2 Å². The van der Waals surface area contributed by atoms with E-state index in [0.29, 0.717) is 0 Å². The van der Waals surface area contributed by atoms with Gasteiger partial charge in [0.15, 0.2) is 0 Å². The van der Waals surface area contributed by atoms with Crippen LogP contribution in [0.5, 0.6) is 0 Å². The fraction of sp³-hybridized carbons (Fsp3) is 0.250. The van der Waals surface area contributed by atoms with E-state index in [9.17, 15) is 14.4 Å². The van der Waals surface area contributed by atoms with Gasteiger partial charge in [-0.2, -0.15) is 0 Å². The molecule has 7 heteroatoms. The van der Waals surface area contributed by atoms with E-state index in [4.69, 9.17) is 0 Å². The Kier molecular flexibility index (Phi) is 4.06. The van der Waals surface area contributed by atoms with Gasteiger partial charge in [-0.1, -0.05) is 12.1 Å². The molecule has 0 saturated carbocycles. The second kappa shape index (κ2) is 5.75. The van der Waals surface area contributed by atoms with Crippen molar-refractivity contribution < 1.29 is 14.4 Å². The molecule has 1 heterocycles. The highest BCUT2D eigenvalue weighted by atomic mass is 32.2. The number of amides is 3. The zero-order chi connectivity index (χ0) is 13.8. The number of hydrogen-bond acceptors (Lipinski definition) is 4. The number of carbonyl (C=O) groups excluding carboxylic acids is 3. The quantitative estimate of drug-likeness (QED) is 0.694. The molecule has 0 saturated heterocycles. The first kappa shape index (κ1) is 13.4. The molecule has 2 rings (SSSR count). The van der Waals surface area contributed by atoms with E-state index in [0.717, 1.165) is 10.6 Å². The van der Waals surface area contributed by atoms with E-state index in [-0.39, 0.29) is 18.2 Å². The van der Waals surface area contributed by atoms with Crippen molar-refractivity contribution in [1.29, 1.82) is 0 Å². The Labute approximate surface area is 114 Å². The number of rotatable bonds is 2. The van der Waals surface area contributed by atoms with Gasteiger partial charge in [0.1, 0.15) is 0 Å². The number of fused-ring (bicyclic) bond motifs is 1. The number of thioether (sulfide) groups is 1. The maximum Gasteiger partial charge on any atom is 0.240 e. The van der Waals surface area contributed by atoms with Crippen LogP contribution in [-0.2, 0) is 14.4 Å². The van der Waals surface area contributed by atoms with Crippen molar-refractivity contribution in [2.45, 2.75) is 23.5 Å². The van der Waals surface area contributed by atoms with Gasteiger partial charge in [0.05, 0.1) is 10.9 Å². The van der Waals surface area contributed by atoms with Gasteiger partial charge < -0.3 is 5.32 Å². The second-order valence-electron chi connectivity index (χ2n) is 4.03. The van der Waals surface area contributed by atoms with Crippen LogP contribution in [0.15, 0.2) is 29.2 Å². The highest BCUT2D eigenvalue weighted by molar-refractivity contribution is 8.01. The molecule has 6 nitrogen and oxygen atoms in total. The third kappa shape index (κ3) is 3.47. The van der Waals surface area contributed by atoms with Crippen LogP contribution in [-0.4, -0.2) is 23.0 Å². The van der Waals surface area contributed by atoms with Crippen LogP contribution in [0.2, 0.25) is 0 Å². The molecule has 3 N–H and O–H groups in total. The highest BCUT2D eigenvalue weighted by Crippen LogP contribution is 2.36. The molecular formula is C12H13N3O3S. The summed E-state index contributed by atoms with van der Waals surface area (Å²) in [4.78, 5) is 35.0. The first-order chi connectivity index (χ1) is 9.06. The largest absolute Gasteiger partial charge is 0.324 e. The van der Waals surface area contributed by atoms with Crippen molar-refractivity contribution in [3.63, 3.8) is 0 Å². The molecule has 0 radical (unpaired) electrons. The summed E-state index contributed by atoms with van der Waals surface area (Å²) in [6.07, 6.45) is 0.00507. The monoisotopic (exact) mass is 279 g/mol. The van der Waals surface area contributed by atoms with Crippen molar-refractivity contribution in [3.8, 4) is 0 Å². The summed E-state index contributed by atoms with van der Waals surface area (Å²) >= 11 is 1.34. The molecule has 19 heavy (non-hydrogen) atoms. The fourth-order valence-electron chi connectivity index (χ4n) is 1.60. The van der Waals surface area contributed by atoms with Crippen molar-refractivity contribution in [2.75, 3.05) is 5.32 Å². The summed E-state index contributed by atoms with van der Waals surface area (Å²) in [5, 5.41) is 2.26. The lowest BCUT2D eigenvalue weighted by Crippen LogP contribution is -2.43. The topological polar surface area (TPSA) is 87.3 Å². The van der Waals surface area contributed by atoms with Crippen LogP contribution >= 0.6 is 11.8 Å². The SMILES string of the molecule is CC(=O)NNC(=O)CC1Sc2ccccc2NC1=O. The van der Waals surface area contributed by atoms with E-state index in [1.165, 1.54) is 18.7 Å². The van der Waals surface area contributed by atoms with Crippen molar-refractivity contribution in [2.24, 2.45) is 0 Å². The number of nitrogens with one attached hydrogen (secondary N) is 3. The summed E-state index contributed by atoms with van der Waals surface area (Å²) in [5.74, 6) is -0.969. The highest BCUT2D eigenvalue weighted by Gasteiger charge is 2.28. The molecule has 0 spiro atoms. The Hall–Kier alpha value is -2.02. The molecule has 1 aliphatic rings. The van der Waals surface area contributed by atoms with Gasteiger partial charge in [-0.25, -0.2) is 0 Å². The Bertz CT molecular complexity index is 533. The lowest BCUT2D eigenvalue weighted by Gasteiger charge is -2.23. The lowest BCUT2D eigenvalue weighted by atomic mass is 10.2. The first-order valence-electron chi connectivity index (χ1n) is 5.68. The fourth-order valence-corrected chi connectivity index (χ4v) is 2.71. The average molecular weight is 279 g/mol. The molecule has 1 atom stereocenters. The maximum atomic E-state index is 11.8. The molecule has 1 aliphatic heterocycles. The molecule has 3 amide bonds. The number of benzene rings is 1. The number of anilines is 1. The maximum absolute atomic E-state index is 11.8. The summed E-state index contributed by atoms with van der Waals surface area (Å²) in [5.41, 5.74) is 5.19. The normalized spacial score (nSPS) is 17.1. The van der Waals surface area contributed by atoms with Gasteiger partial charge in [-0.05, 0) is 12.1 Å². The molecule has 1 aromatic carbocycles. The lowest BCUT2D eigenvalue weighted by molar-refractivity contribution is -0.128. The Balaban J connectivity index is 1.97. The van der Waals surface area contributed by atoms with Crippen LogP contribution in [0.1, 0.15) is 13.3 Å². The molecule has 1 unspecified atom stereocenters. The molecule has 0 aliphatic carbocycles. The third-order valence-corrected chi connectivity index (χ3v) is 3.73. The molecule has 1 aromatic rings. The molecular weight excluding hydrogens is 266 g/mol. The van der Waals surface area contributed by atoms with Crippen LogP contribution in [0, 0.1) is 0 Å². The minimum absolute atomic E-state index is 0.00507.